The van der Waals surface area contributed by atoms with Crippen LogP contribution in [0.2, 0.25) is 0 Å². The first kappa shape index (κ1) is 20.3. The van der Waals surface area contributed by atoms with Gasteiger partial charge >= 0.3 is 0 Å². The van der Waals surface area contributed by atoms with Crippen LogP contribution < -0.4 is 5.56 Å². The molecule has 1 aromatic carbocycles. The van der Waals surface area contributed by atoms with E-state index in [9.17, 15) is 22.4 Å². The molecule has 5 rings (SSSR count). The van der Waals surface area contributed by atoms with Crippen molar-refractivity contribution in [3.05, 3.63) is 52.8 Å². The standard InChI is InChI=1S/C21H20FN3O4S2/c22-14-3-1-13(2-4-14)18-9-17-20(30-18)21(27)24(12-23-17)10-19(26)25(15-5-6-15)16-7-8-31(28,29)11-16/h1-4,9,12,15-16H,5-8,10-11H2. The molecule has 162 valence electrons. The minimum absolute atomic E-state index is 0.00657. The molecule has 0 spiro atoms. The number of amides is 1. The fourth-order valence-corrected chi connectivity index (χ4v) is 6.87. The second kappa shape index (κ2) is 7.52. The summed E-state index contributed by atoms with van der Waals surface area (Å²) in [6, 6.07) is 7.53. The first-order valence-corrected chi connectivity index (χ1v) is 12.7. The highest BCUT2D eigenvalue weighted by atomic mass is 32.2. The summed E-state index contributed by atoms with van der Waals surface area (Å²) in [4.78, 5) is 32.9. The molecule has 1 aliphatic carbocycles. The lowest BCUT2D eigenvalue weighted by Crippen LogP contribution is -2.45. The third-order valence-corrected chi connectivity index (χ3v) is 8.68. The number of nitrogens with zero attached hydrogens (tertiary/aromatic N) is 3. The van der Waals surface area contributed by atoms with Gasteiger partial charge in [-0.15, -0.1) is 11.3 Å². The molecule has 31 heavy (non-hydrogen) atoms. The highest BCUT2D eigenvalue weighted by molar-refractivity contribution is 7.91. The molecular weight excluding hydrogens is 441 g/mol. The number of fused-ring (bicyclic) bond motifs is 1. The summed E-state index contributed by atoms with van der Waals surface area (Å²) in [5.41, 5.74) is 0.999. The molecular formula is C21H20FN3O4S2. The maximum Gasteiger partial charge on any atom is 0.271 e. The molecule has 1 amide bonds. The van der Waals surface area contributed by atoms with Crippen molar-refractivity contribution in [2.75, 3.05) is 11.5 Å². The van der Waals surface area contributed by atoms with Gasteiger partial charge in [0, 0.05) is 17.0 Å². The van der Waals surface area contributed by atoms with Gasteiger partial charge in [-0.25, -0.2) is 17.8 Å². The van der Waals surface area contributed by atoms with Crippen molar-refractivity contribution in [3.8, 4) is 10.4 Å². The predicted octanol–water partition coefficient (Wildman–Crippen LogP) is 2.44. The van der Waals surface area contributed by atoms with Gasteiger partial charge in [-0.3, -0.25) is 14.2 Å². The Morgan fingerprint density at radius 3 is 2.58 bits per heavy atom. The fourth-order valence-electron chi connectivity index (χ4n) is 4.09. The highest BCUT2D eigenvalue weighted by Crippen LogP contribution is 2.33. The average Bonchev–Trinajstić information content (AvgIpc) is 3.34. The highest BCUT2D eigenvalue weighted by Gasteiger charge is 2.42. The lowest BCUT2D eigenvalue weighted by atomic mass is 10.2. The predicted molar refractivity (Wildman–Crippen MR) is 116 cm³/mol. The van der Waals surface area contributed by atoms with Gasteiger partial charge in [0.2, 0.25) is 5.91 Å². The number of thiophene rings is 1. The van der Waals surface area contributed by atoms with Crippen molar-refractivity contribution >= 4 is 37.3 Å². The van der Waals surface area contributed by atoms with Gasteiger partial charge in [-0.05, 0) is 43.0 Å². The Kier molecular flexibility index (Phi) is 4.93. The van der Waals surface area contributed by atoms with Crippen LogP contribution in [-0.2, 0) is 21.2 Å². The number of rotatable bonds is 5. The molecule has 0 bridgehead atoms. The van der Waals surface area contributed by atoms with Crippen LogP contribution in [0.25, 0.3) is 20.7 Å². The number of carbonyl (C=O) groups excluding carboxylic acids is 1. The molecule has 3 heterocycles. The molecule has 10 heteroatoms. The third-order valence-electron chi connectivity index (χ3n) is 5.77. The van der Waals surface area contributed by atoms with E-state index in [1.807, 2.05) is 0 Å². The van der Waals surface area contributed by atoms with E-state index in [4.69, 9.17) is 0 Å². The van der Waals surface area contributed by atoms with E-state index >= 15 is 0 Å². The number of benzene rings is 1. The first-order chi connectivity index (χ1) is 14.8. The van der Waals surface area contributed by atoms with Gasteiger partial charge in [0.25, 0.3) is 5.56 Å². The van der Waals surface area contributed by atoms with E-state index in [1.165, 1.54) is 34.4 Å². The van der Waals surface area contributed by atoms with Crippen LogP contribution in [-0.4, -0.2) is 52.4 Å². The van der Waals surface area contributed by atoms with Crippen molar-refractivity contribution in [3.63, 3.8) is 0 Å². The zero-order chi connectivity index (χ0) is 21.8. The van der Waals surface area contributed by atoms with Crippen LogP contribution in [0.4, 0.5) is 4.39 Å². The zero-order valence-corrected chi connectivity index (χ0v) is 18.2. The minimum atomic E-state index is -3.11. The quantitative estimate of drug-likeness (QED) is 0.582. The number of aromatic nitrogens is 2. The Morgan fingerprint density at radius 1 is 1.19 bits per heavy atom. The van der Waals surface area contributed by atoms with Crippen molar-refractivity contribution in [2.45, 2.75) is 37.9 Å². The number of halogens is 1. The Morgan fingerprint density at radius 2 is 1.94 bits per heavy atom. The third kappa shape index (κ3) is 4.01. The maximum atomic E-state index is 13.2. The number of sulfone groups is 1. The molecule has 7 nitrogen and oxygen atoms in total. The SMILES string of the molecule is O=C(Cn1cnc2cc(-c3ccc(F)cc3)sc2c1=O)N(C1CC1)C1CCS(=O)(=O)C1. The summed E-state index contributed by atoms with van der Waals surface area (Å²) in [5, 5.41) is 0. The van der Waals surface area contributed by atoms with Crippen LogP contribution in [0.3, 0.4) is 0 Å². The number of hydrogen-bond acceptors (Lipinski definition) is 6. The number of hydrogen-bond donors (Lipinski definition) is 0. The van der Waals surface area contributed by atoms with E-state index in [1.54, 1.807) is 23.1 Å². The maximum absolute atomic E-state index is 13.2. The molecule has 1 unspecified atom stereocenters. The van der Waals surface area contributed by atoms with Crippen molar-refractivity contribution < 1.29 is 17.6 Å². The van der Waals surface area contributed by atoms with E-state index in [-0.39, 0.29) is 47.4 Å². The molecule has 1 aliphatic heterocycles. The molecule has 1 atom stereocenters. The van der Waals surface area contributed by atoms with E-state index in [0.717, 1.165) is 23.3 Å². The monoisotopic (exact) mass is 461 g/mol. The minimum Gasteiger partial charge on any atom is -0.334 e. The molecule has 2 aliphatic rings. The topological polar surface area (TPSA) is 89.3 Å². The van der Waals surface area contributed by atoms with Crippen LogP contribution in [0.15, 0.2) is 41.5 Å². The summed E-state index contributed by atoms with van der Waals surface area (Å²) in [7, 11) is -3.11. The molecule has 1 saturated carbocycles. The van der Waals surface area contributed by atoms with Gasteiger partial charge < -0.3 is 4.90 Å². The van der Waals surface area contributed by atoms with E-state index in [2.05, 4.69) is 4.98 Å². The zero-order valence-electron chi connectivity index (χ0n) is 16.5. The van der Waals surface area contributed by atoms with Gasteiger partial charge in [-0.2, -0.15) is 0 Å². The summed E-state index contributed by atoms with van der Waals surface area (Å²) in [6.45, 7) is -0.168. The summed E-state index contributed by atoms with van der Waals surface area (Å²) < 4.78 is 38.7. The molecule has 3 aromatic rings. The summed E-state index contributed by atoms with van der Waals surface area (Å²) in [5.74, 6) is -0.488. The molecule has 2 aromatic heterocycles. The van der Waals surface area contributed by atoms with Gasteiger partial charge in [-0.1, -0.05) is 12.1 Å². The van der Waals surface area contributed by atoms with Crippen molar-refractivity contribution in [2.24, 2.45) is 0 Å². The largest absolute Gasteiger partial charge is 0.334 e. The Hall–Kier alpha value is -2.59. The Labute approximate surface area is 182 Å². The summed E-state index contributed by atoms with van der Waals surface area (Å²) in [6.07, 6.45) is 3.53. The van der Waals surface area contributed by atoms with E-state index in [0.29, 0.717) is 16.6 Å². The van der Waals surface area contributed by atoms with E-state index < -0.39 is 9.84 Å². The number of carbonyl (C=O) groups is 1. The average molecular weight is 462 g/mol. The lowest BCUT2D eigenvalue weighted by molar-refractivity contribution is -0.134. The lowest BCUT2D eigenvalue weighted by Gasteiger charge is -2.28. The second-order valence-corrected chi connectivity index (χ2v) is 11.4. The second-order valence-electron chi connectivity index (χ2n) is 8.10. The smallest absolute Gasteiger partial charge is 0.271 e. The van der Waals surface area contributed by atoms with Gasteiger partial charge in [0.15, 0.2) is 9.84 Å². The van der Waals surface area contributed by atoms with Crippen molar-refractivity contribution in [1.82, 2.24) is 14.5 Å². The Balaban J connectivity index is 1.42. The van der Waals surface area contributed by atoms with Crippen LogP contribution in [0.1, 0.15) is 19.3 Å². The molecule has 2 fully saturated rings. The molecule has 0 radical (unpaired) electrons. The first-order valence-electron chi connectivity index (χ1n) is 10.1. The fraction of sp³-hybridized carbons (Fsp3) is 0.381. The summed E-state index contributed by atoms with van der Waals surface area (Å²) >= 11 is 1.25. The Bertz CT molecular complexity index is 1330. The van der Waals surface area contributed by atoms with Crippen LogP contribution in [0, 0.1) is 5.82 Å². The van der Waals surface area contributed by atoms with Crippen LogP contribution >= 0.6 is 11.3 Å². The molecule has 1 saturated heterocycles. The van der Waals surface area contributed by atoms with Crippen molar-refractivity contribution in [1.29, 1.82) is 0 Å². The van der Waals surface area contributed by atoms with Crippen LogP contribution in [0.5, 0.6) is 0 Å². The van der Waals surface area contributed by atoms with Gasteiger partial charge in [0.05, 0.1) is 23.3 Å². The normalized spacial score (nSPS) is 20.2. The van der Waals surface area contributed by atoms with Gasteiger partial charge in [0.1, 0.15) is 17.1 Å². The molecule has 0 N–H and O–H groups in total.